The number of carbonyl (C=O) groups excluding carboxylic acids is 1. The molecule has 3 aromatic heterocycles. The first-order valence-corrected chi connectivity index (χ1v) is 6.21. The molecule has 0 spiro atoms. The number of fused-ring (bicyclic) bond motifs is 1. The van der Waals surface area contributed by atoms with Crippen LogP contribution in [0, 0.1) is 0 Å². The molecule has 0 saturated heterocycles. The van der Waals surface area contributed by atoms with Crippen LogP contribution in [0.15, 0.2) is 36.5 Å². The number of thiophene rings is 1. The van der Waals surface area contributed by atoms with Gasteiger partial charge in [0, 0.05) is 0 Å². The van der Waals surface area contributed by atoms with Crippen molar-refractivity contribution < 1.29 is 9.53 Å². The molecule has 3 rings (SSSR count). The molecule has 3 heterocycles. The second kappa shape index (κ2) is 4.27. The lowest BCUT2D eigenvalue weighted by molar-refractivity contribution is 0.112. The van der Waals surface area contributed by atoms with Crippen molar-refractivity contribution in [1.82, 2.24) is 9.61 Å². The van der Waals surface area contributed by atoms with E-state index >= 15 is 0 Å². The standard InChI is InChI=1S/C13H10N2O2S/c1-17-11-4-2-9-6-7-14-15(9)13(11)12-5-3-10(8-16)18-12/h2-8H,1H3. The Kier molecular flexibility index (Phi) is 2.60. The Labute approximate surface area is 107 Å². The number of hydrogen-bond acceptors (Lipinski definition) is 4. The molecule has 5 heteroatoms. The highest BCUT2D eigenvalue weighted by atomic mass is 32.1. The number of aromatic nitrogens is 2. The first-order valence-electron chi connectivity index (χ1n) is 5.39. The largest absolute Gasteiger partial charge is 0.494 e. The van der Waals surface area contributed by atoms with Crippen molar-refractivity contribution in [3.05, 3.63) is 41.4 Å². The van der Waals surface area contributed by atoms with Crippen molar-refractivity contribution in [2.45, 2.75) is 0 Å². The highest BCUT2D eigenvalue weighted by Crippen LogP contribution is 2.34. The highest BCUT2D eigenvalue weighted by molar-refractivity contribution is 7.17. The molecule has 0 aliphatic carbocycles. The number of ether oxygens (including phenoxy) is 1. The fourth-order valence-electron chi connectivity index (χ4n) is 1.90. The van der Waals surface area contributed by atoms with Gasteiger partial charge in [-0.15, -0.1) is 11.3 Å². The molecule has 0 atom stereocenters. The maximum Gasteiger partial charge on any atom is 0.160 e. The van der Waals surface area contributed by atoms with E-state index in [1.807, 2.05) is 28.8 Å². The zero-order chi connectivity index (χ0) is 12.5. The molecule has 0 aliphatic heterocycles. The molecule has 4 nitrogen and oxygen atoms in total. The molecule has 0 bridgehead atoms. The Morgan fingerprint density at radius 3 is 2.89 bits per heavy atom. The summed E-state index contributed by atoms with van der Waals surface area (Å²) in [5.41, 5.74) is 1.87. The van der Waals surface area contributed by atoms with E-state index in [-0.39, 0.29) is 0 Å². The first kappa shape index (κ1) is 11.0. The Hall–Kier alpha value is -2.14. The van der Waals surface area contributed by atoms with Gasteiger partial charge in [0.2, 0.25) is 0 Å². The molecule has 0 fully saturated rings. The summed E-state index contributed by atoms with van der Waals surface area (Å²) >= 11 is 1.42. The molecule has 0 saturated carbocycles. The number of rotatable bonds is 3. The third kappa shape index (κ3) is 1.60. The number of pyridine rings is 1. The van der Waals surface area contributed by atoms with E-state index in [2.05, 4.69) is 5.10 Å². The molecule has 90 valence electrons. The van der Waals surface area contributed by atoms with Gasteiger partial charge in [-0.05, 0) is 30.3 Å². The van der Waals surface area contributed by atoms with Crippen LogP contribution in [0.25, 0.3) is 16.1 Å². The van der Waals surface area contributed by atoms with Gasteiger partial charge in [0.05, 0.1) is 28.6 Å². The van der Waals surface area contributed by atoms with Gasteiger partial charge in [-0.25, -0.2) is 4.52 Å². The van der Waals surface area contributed by atoms with E-state index in [1.165, 1.54) is 11.3 Å². The van der Waals surface area contributed by atoms with E-state index in [1.54, 1.807) is 19.4 Å². The number of methoxy groups -OCH3 is 1. The predicted molar refractivity (Wildman–Crippen MR) is 70.4 cm³/mol. The zero-order valence-corrected chi connectivity index (χ0v) is 10.5. The summed E-state index contributed by atoms with van der Waals surface area (Å²) in [7, 11) is 1.63. The van der Waals surface area contributed by atoms with Gasteiger partial charge in [0.15, 0.2) is 6.29 Å². The van der Waals surface area contributed by atoms with Crippen molar-refractivity contribution in [1.29, 1.82) is 0 Å². The quantitative estimate of drug-likeness (QED) is 0.678. The van der Waals surface area contributed by atoms with Crippen LogP contribution in [0.4, 0.5) is 0 Å². The van der Waals surface area contributed by atoms with Crippen LogP contribution in [0.1, 0.15) is 9.67 Å². The van der Waals surface area contributed by atoms with Crippen LogP contribution >= 0.6 is 11.3 Å². The normalized spacial score (nSPS) is 10.7. The maximum atomic E-state index is 10.8. The second-order valence-corrected chi connectivity index (χ2v) is 4.85. The molecule has 0 aromatic carbocycles. The lowest BCUT2D eigenvalue weighted by atomic mass is 10.2. The van der Waals surface area contributed by atoms with Crippen LogP contribution in [0.3, 0.4) is 0 Å². The molecule has 18 heavy (non-hydrogen) atoms. The van der Waals surface area contributed by atoms with E-state index in [0.717, 1.165) is 28.1 Å². The topological polar surface area (TPSA) is 43.6 Å². The van der Waals surface area contributed by atoms with Crippen LogP contribution in [0.5, 0.6) is 5.75 Å². The lowest BCUT2D eigenvalue weighted by Gasteiger charge is -2.08. The predicted octanol–water partition coefficient (Wildman–Crippen LogP) is 2.88. The summed E-state index contributed by atoms with van der Waals surface area (Å²) < 4.78 is 7.20. The Morgan fingerprint density at radius 2 is 2.17 bits per heavy atom. The summed E-state index contributed by atoms with van der Waals surface area (Å²) in [5, 5.41) is 4.29. The van der Waals surface area contributed by atoms with Gasteiger partial charge in [-0.3, -0.25) is 4.79 Å². The maximum absolute atomic E-state index is 10.8. The van der Waals surface area contributed by atoms with Crippen molar-refractivity contribution in [3.8, 4) is 16.3 Å². The smallest absolute Gasteiger partial charge is 0.160 e. The molecule has 0 amide bonds. The lowest BCUT2D eigenvalue weighted by Crippen LogP contribution is -1.96. The molecule has 0 aliphatic rings. The van der Waals surface area contributed by atoms with Crippen molar-refractivity contribution in [2.75, 3.05) is 7.11 Å². The average Bonchev–Trinajstić information content (AvgIpc) is 3.05. The van der Waals surface area contributed by atoms with Crippen LogP contribution in [0.2, 0.25) is 0 Å². The van der Waals surface area contributed by atoms with E-state index < -0.39 is 0 Å². The highest BCUT2D eigenvalue weighted by Gasteiger charge is 2.13. The SMILES string of the molecule is COc1ccc2ccnn2c1-c1ccc(C=O)s1. The second-order valence-electron chi connectivity index (χ2n) is 3.74. The van der Waals surface area contributed by atoms with Gasteiger partial charge in [-0.2, -0.15) is 5.10 Å². The number of nitrogens with zero attached hydrogens (tertiary/aromatic N) is 2. The summed E-state index contributed by atoms with van der Waals surface area (Å²) in [4.78, 5) is 12.4. The van der Waals surface area contributed by atoms with Gasteiger partial charge >= 0.3 is 0 Å². The van der Waals surface area contributed by atoms with E-state index in [9.17, 15) is 4.79 Å². The molecular formula is C13H10N2O2S. The third-order valence-corrected chi connectivity index (χ3v) is 3.74. The number of hydrogen-bond donors (Lipinski definition) is 0. The van der Waals surface area contributed by atoms with Gasteiger partial charge in [-0.1, -0.05) is 0 Å². The minimum atomic E-state index is 0.691. The summed E-state index contributed by atoms with van der Waals surface area (Å²) in [5.74, 6) is 0.741. The summed E-state index contributed by atoms with van der Waals surface area (Å²) in [6.07, 6.45) is 2.59. The van der Waals surface area contributed by atoms with Crippen molar-refractivity contribution >= 4 is 23.1 Å². The molecule has 0 N–H and O–H groups in total. The van der Waals surface area contributed by atoms with Gasteiger partial charge < -0.3 is 4.74 Å². The van der Waals surface area contributed by atoms with Crippen LogP contribution < -0.4 is 4.74 Å². The number of aldehydes is 1. The van der Waals surface area contributed by atoms with Crippen LogP contribution in [-0.4, -0.2) is 23.0 Å². The molecule has 3 aromatic rings. The fourth-order valence-corrected chi connectivity index (χ4v) is 2.76. The Balaban J connectivity index is 2.30. The average molecular weight is 258 g/mol. The monoisotopic (exact) mass is 258 g/mol. The van der Waals surface area contributed by atoms with Gasteiger partial charge in [0.25, 0.3) is 0 Å². The molecule has 0 radical (unpaired) electrons. The number of carbonyl (C=O) groups is 1. The molecule has 0 unspecified atom stereocenters. The van der Waals surface area contributed by atoms with Crippen molar-refractivity contribution in [3.63, 3.8) is 0 Å². The third-order valence-electron chi connectivity index (χ3n) is 2.72. The fraction of sp³-hybridized carbons (Fsp3) is 0.0769. The first-order chi connectivity index (χ1) is 8.83. The Bertz CT molecular complexity index is 715. The van der Waals surface area contributed by atoms with E-state index in [0.29, 0.717) is 4.88 Å². The summed E-state index contributed by atoms with van der Waals surface area (Å²) in [6, 6.07) is 9.50. The zero-order valence-electron chi connectivity index (χ0n) is 9.66. The Morgan fingerprint density at radius 1 is 1.28 bits per heavy atom. The molecular weight excluding hydrogens is 248 g/mol. The summed E-state index contributed by atoms with van der Waals surface area (Å²) in [6.45, 7) is 0. The van der Waals surface area contributed by atoms with Crippen LogP contribution in [-0.2, 0) is 0 Å². The minimum absolute atomic E-state index is 0.691. The van der Waals surface area contributed by atoms with Gasteiger partial charge in [0.1, 0.15) is 11.4 Å². The van der Waals surface area contributed by atoms with E-state index in [4.69, 9.17) is 4.74 Å². The van der Waals surface area contributed by atoms with Crippen molar-refractivity contribution in [2.24, 2.45) is 0 Å². The minimum Gasteiger partial charge on any atom is -0.494 e.